The zero-order valence-electron chi connectivity index (χ0n) is 10.8. The Bertz CT molecular complexity index is 346. The second-order valence-corrected chi connectivity index (χ2v) is 5.83. The van der Waals surface area contributed by atoms with E-state index in [1.807, 2.05) is 0 Å². The number of nitrogens with one attached hydrogen (secondary N) is 1. The molecule has 2 amide bonds. The molecule has 0 atom stereocenters. The Morgan fingerprint density at radius 1 is 1.30 bits per heavy atom. The summed E-state index contributed by atoms with van der Waals surface area (Å²) in [6.45, 7) is -2.25. The average molecular weight is 314 g/mol. The molecule has 0 unspecified atom stereocenters. The van der Waals surface area contributed by atoms with Crippen LogP contribution in [0.1, 0.15) is 12.8 Å². The van der Waals surface area contributed by atoms with Crippen molar-refractivity contribution in [3.8, 4) is 0 Å². The van der Waals surface area contributed by atoms with Gasteiger partial charge in [-0.05, 0) is 30.3 Å². The van der Waals surface area contributed by atoms with Crippen LogP contribution in [0.25, 0.3) is 0 Å². The monoisotopic (exact) mass is 314 g/mol. The normalized spacial score (nSPS) is 16.8. The Labute approximate surface area is 118 Å². The van der Waals surface area contributed by atoms with E-state index in [1.54, 1.807) is 11.8 Å². The first-order valence-corrected chi connectivity index (χ1v) is 7.32. The van der Waals surface area contributed by atoms with Crippen LogP contribution in [0.2, 0.25) is 0 Å². The Hall–Kier alpha value is -1.12. The van der Waals surface area contributed by atoms with Gasteiger partial charge in [0, 0.05) is 6.54 Å². The third-order valence-corrected chi connectivity index (χ3v) is 3.92. The molecule has 0 radical (unpaired) electrons. The Balaban J connectivity index is 2.47. The topological polar surface area (TPSA) is 69.6 Å². The summed E-state index contributed by atoms with van der Waals surface area (Å²) >= 11 is 1.81. The number of hydrogen-bond donors (Lipinski definition) is 2. The van der Waals surface area contributed by atoms with Crippen LogP contribution in [0.3, 0.4) is 0 Å². The van der Waals surface area contributed by atoms with Gasteiger partial charge in [-0.15, -0.1) is 0 Å². The molecule has 0 aliphatic carbocycles. The van der Waals surface area contributed by atoms with Gasteiger partial charge in [-0.25, -0.2) is 4.79 Å². The summed E-state index contributed by atoms with van der Waals surface area (Å²) in [6, 6.07) is -0.983. The maximum atomic E-state index is 12.3. The highest BCUT2D eigenvalue weighted by atomic mass is 32.2. The van der Waals surface area contributed by atoms with Crippen LogP contribution in [0.4, 0.5) is 18.0 Å². The van der Waals surface area contributed by atoms with E-state index in [2.05, 4.69) is 5.32 Å². The number of carboxylic acid groups (broad SMARTS) is 1. The predicted octanol–water partition coefficient (Wildman–Crippen LogP) is 1.79. The first-order valence-electron chi connectivity index (χ1n) is 6.17. The molecule has 0 spiro atoms. The van der Waals surface area contributed by atoms with Crippen molar-refractivity contribution >= 4 is 23.8 Å². The maximum absolute atomic E-state index is 12.3. The van der Waals surface area contributed by atoms with Gasteiger partial charge < -0.3 is 15.3 Å². The lowest BCUT2D eigenvalue weighted by Gasteiger charge is -2.25. The molecule has 1 saturated heterocycles. The summed E-state index contributed by atoms with van der Waals surface area (Å²) in [5.41, 5.74) is 0. The number of nitrogens with zero attached hydrogens (tertiary/aromatic N) is 1. The highest BCUT2D eigenvalue weighted by Gasteiger charge is 2.34. The number of urea groups is 1. The fourth-order valence-electron chi connectivity index (χ4n) is 1.87. The van der Waals surface area contributed by atoms with Gasteiger partial charge in [0.15, 0.2) is 0 Å². The van der Waals surface area contributed by atoms with Crippen molar-refractivity contribution in [1.29, 1.82) is 0 Å². The average Bonchev–Trinajstić information content (AvgIpc) is 2.34. The smallest absolute Gasteiger partial charge is 0.406 e. The molecule has 1 heterocycles. The maximum Gasteiger partial charge on any atom is 0.406 e. The largest absolute Gasteiger partial charge is 0.480 e. The van der Waals surface area contributed by atoms with Crippen LogP contribution < -0.4 is 5.32 Å². The number of thioether (sulfide) groups is 1. The fraction of sp³-hybridized carbons (Fsp3) is 0.818. The number of carboxylic acids is 1. The number of aliphatic carboxylic acids is 1. The number of carbonyl (C=O) groups excluding carboxylic acids is 1. The van der Waals surface area contributed by atoms with Crippen molar-refractivity contribution in [3.05, 3.63) is 0 Å². The molecular weight excluding hydrogens is 297 g/mol. The van der Waals surface area contributed by atoms with Crippen LogP contribution in [0.5, 0.6) is 0 Å². The molecule has 9 heteroatoms. The zero-order chi connectivity index (χ0) is 15.2. The molecule has 1 rings (SSSR count). The van der Waals surface area contributed by atoms with Crippen LogP contribution in [0.15, 0.2) is 0 Å². The van der Waals surface area contributed by atoms with Gasteiger partial charge in [-0.2, -0.15) is 24.9 Å². The molecule has 20 heavy (non-hydrogen) atoms. The Morgan fingerprint density at radius 2 is 1.90 bits per heavy atom. The molecule has 1 aliphatic rings. The lowest BCUT2D eigenvalue weighted by molar-refractivity contribution is -0.148. The van der Waals surface area contributed by atoms with E-state index in [4.69, 9.17) is 5.11 Å². The van der Waals surface area contributed by atoms with Crippen molar-refractivity contribution in [3.63, 3.8) is 0 Å². The van der Waals surface area contributed by atoms with E-state index in [-0.39, 0.29) is 17.4 Å². The molecule has 1 fully saturated rings. The SMILES string of the molecule is O=C(O)CN(CC(F)(F)F)C(=O)NCC1CCSCC1. The number of carbonyl (C=O) groups is 2. The van der Waals surface area contributed by atoms with Gasteiger partial charge in [0.1, 0.15) is 13.1 Å². The minimum absolute atomic E-state index is 0.248. The van der Waals surface area contributed by atoms with Crippen molar-refractivity contribution in [2.75, 3.05) is 31.1 Å². The lowest BCUT2D eigenvalue weighted by atomic mass is 10.0. The molecule has 2 N–H and O–H groups in total. The van der Waals surface area contributed by atoms with Crippen LogP contribution in [0, 0.1) is 5.92 Å². The quantitative estimate of drug-likeness (QED) is 0.812. The van der Waals surface area contributed by atoms with E-state index in [1.165, 1.54) is 0 Å². The number of halogens is 3. The summed E-state index contributed by atoms with van der Waals surface area (Å²) in [4.78, 5) is 22.4. The molecule has 0 aromatic heterocycles. The van der Waals surface area contributed by atoms with E-state index < -0.39 is 31.3 Å². The van der Waals surface area contributed by atoms with Crippen molar-refractivity contribution in [2.45, 2.75) is 19.0 Å². The van der Waals surface area contributed by atoms with Crippen molar-refractivity contribution < 1.29 is 27.9 Å². The van der Waals surface area contributed by atoms with Crippen LogP contribution in [-0.2, 0) is 4.79 Å². The molecule has 0 bridgehead atoms. The summed E-state index contributed by atoms with van der Waals surface area (Å²) in [5, 5.41) is 10.9. The number of alkyl halides is 3. The minimum atomic E-state index is -4.62. The van der Waals surface area contributed by atoms with Gasteiger partial charge in [0.2, 0.25) is 0 Å². The van der Waals surface area contributed by atoms with Crippen molar-refractivity contribution in [2.24, 2.45) is 5.92 Å². The summed E-state index contributed by atoms with van der Waals surface area (Å²) in [5.74, 6) is 0.723. The summed E-state index contributed by atoms with van der Waals surface area (Å²) in [7, 11) is 0. The molecule has 0 aromatic carbocycles. The molecule has 5 nitrogen and oxygen atoms in total. The first kappa shape index (κ1) is 16.9. The lowest BCUT2D eigenvalue weighted by Crippen LogP contribution is -2.48. The van der Waals surface area contributed by atoms with Crippen molar-refractivity contribution in [1.82, 2.24) is 10.2 Å². The van der Waals surface area contributed by atoms with Gasteiger partial charge in [-0.3, -0.25) is 4.79 Å². The second kappa shape index (κ2) is 7.61. The van der Waals surface area contributed by atoms with E-state index in [9.17, 15) is 22.8 Å². The highest BCUT2D eigenvalue weighted by molar-refractivity contribution is 7.99. The highest BCUT2D eigenvalue weighted by Crippen LogP contribution is 2.22. The van der Waals surface area contributed by atoms with E-state index >= 15 is 0 Å². The third kappa shape index (κ3) is 6.88. The predicted molar refractivity (Wildman–Crippen MR) is 68.7 cm³/mol. The number of amides is 2. The van der Waals surface area contributed by atoms with Crippen LogP contribution in [-0.4, -0.2) is 59.3 Å². The summed E-state index contributed by atoms with van der Waals surface area (Å²) in [6.07, 6.45) is -2.80. The Morgan fingerprint density at radius 3 is 2.40 bits per heavy atom. The molecule has 1 aliphatic heterocycles. The standard InChI is InChI=1S/C11H17F3N2O3S/c12-11(13,14)7-16(6-9(17)18)10(19)15-5-8-1-3-20-4-2-8/h8H,1-7H2,(H,15,19)(H,17,18). The summed E-state index contributed by atoms with van der Waals surface area (Å²) < 4.78 is 36.9. The number of hydrogen-bond acceptors (Lipinski definition) is 3. The van der Waals surface area contributed by atoms with E-state index in [0.717, 1.165) is 24.3 Å². The van der Waals surface area contributed by atoms with Gasteiger partial charge in [0.25, 0.3) is 0 Å². The van der Waals surface area contributed by atoms with E-state index in [0.29, 0.717) is 0 Å². The van der Waals surface area contributed by atoms with Gasteiger partial charge in [0.05, 0.1) is 0 Å². The molecule has 0 saturated carbocycles. The molecule has 116 valence electrons. The van der Waals surface area contributed by atoms with Gasteiger partial charge in [-0.1, -0.05) is 0 Å². The third-order valence-electron chi connectivity index (χ3n) is 2.87. The van der Waals surface area contributed by atoms with Crippen LogP contribution >= 0.6 is 11.8 Å². The Kier molecular flexibility index (Phi) is 6.44. The zero-order valence-corrected chi connectivity index (χ0v) is 11.6. The second-order valence-electron chi connectivity index (χ2n) is 4.61. The van der Waals surface area contributed by atoms with Gasteiger partial charge >= 0.3 is 18.2 Å². The fourth-order valence-corrected chi connectivity index (χ4v) is 3.08. The first-order chi connectivity index (χ1) is 9.28. The molecule has 0 aromatic rings. The molecular formula is C11H17F3N2O3S. The number of rotatable bonds is 5. The minimum Gasteiger partial charge on any atom is -0.480 e.